The average molecular weight is 154 g/mol. The molecule has 0 aliphatic carbocycles. The lowest BCUT2D eigenvalue weighted by molar-refractivity contribution is 0.112. The summed E-state index contributed by atoms with van der Waals surface area (Å²) in [5, 5.41) is 9.65. The molecule has 0 saturated carbocycles. The molecule has 1 unspecified atom stereocenters. The van der Waals surface area contributed by atoms with Crippen molar-refractivity contribution in [3.05, 3.63) is 23.8 Å². The van der Waals surface area contributed by atoms with E-state index in [2.05, 4.69) is 9.24 Å². The van der Waals surface area contributed by atoms with Crippen molar-refractivity contribution in [2.75, 3.05) is 0 Å². The highest BCUT2D eigenvalue weighted by Gasteiger charge is 1.95. The number of carbonyl (C=O) groups is 1. The summed E-state index contributed by atoms with van der Waals surface area (Å²) in [7, 11) is 2.34. The number of hydrogen-bond acceptors (Lipinski definition) is 2. The average Bonchev–Trinajstić information content (AvgIpc) is 1.95. The number of phenolic OH excluding ortho intramolecular Hbond substituents is 1. The smallest absolute Gasteiger partial charge is 0.150 e. The maximum absolute atomic E-state index is 10.2. The predicted molar refractivity (Wildman–Crippen MR) is 42.8 cm³/mol. The van der Waals surface area contributed by atoms with E-state index >= 15 is 0 Å². The number of rotatable bonds is 1. The van der Waals surface area contributed by atoms with Gasteiger partial charge in [-0.05, 0) is 18.2 Å². The number of hydrogen-bond donors (Lipinski definition) is 1. The normalized spacial score (nSPS) is 9.30. The lowest BCUT2D eigenvalue weighted by Gasteiger charge is -1.96. The van der Waals surface area contributed by atoms with Crippen molar-refractivity contribution in [1.29, 1.82) is 0 Å². The molecule has 0 bridgehead atoms. The van der Waals surface area contributed by atoms with Crippen molar-refractivity contribution in [3.8, 4) is 5.75 Å². The quantitative estimate of drug-likeness (QED) is 0.477. The van der Waals surface area contributed by atoms with Crippen LogP contribution in [-0.2, 0) is 0 Å². The van der Waals surface area contributed by atoms with Crippen LogP contribution in [0.2, 0.25) is 0 Å². The van der Waals surface area contributed by atoms with Gasteiger partial charge in [0.1, 0.15) is 12.0 Å². The van der Waals surface area contributed by atoms with Gasteiger partial charge in [-0.3, -0.25) is 4.79 Å². The molecule has 10 heavy (non-hydrogen) atoms. The molecular weight excluding hydrogens is 147 g/mol. The van der Waals surface area contributed by atoms with E-state index in [1.807, 2.05) is 0 Å². The molecule has 0 fully saturated rings. The molecule has 0 aliphatic heterocycles. The standard InChI is InChI=1S/C7H7O2P/c8-4-5-1-2-6(9)7(10)3-5/h1-4,9H,10H2. The Morgan fingerprint density at radius 3 is 2.70 bits per heavy atom. The third kappa shape index (κ3) is 1.34. The van der Waals surface area contributed by atoms with Gasteiger partial charge in [0.15, 0.2) is 0 Å². The Balaban J connectivity index is 3.16. The van der Waals surface area contributed by atoms with E-state index in [4.69, 9.17) is 5.11 Å². The van der Waals surface area contributed by atoms with Crippen LogP contribution in [0.1, 0.15) is 10.4 Å². The molecule has 2 nitrogen and oxygen atoms in total. The van der Waals surface area contributed by atoms with Gasteiger partial charge in [0.05, 0.1) is 0 Å². The Labute approximate surface area is 61.1 Å². The lowest BCUT2D eigenvalue weighted by atomic mass is 10.2. The van der Waals surface area contributed by atoms with Crippen LogP contribution in [0.25, 0.3) is 0 Å². The topological polar surface area (TPSA) is 37.3 Å². The van der Waals surface area contributed by atoms with Gasteiger partial charge in [0, 0.05) is 10.9 Å². The van der Waals surface area contributed by atoms with Gasteiger partial charge in [-0.25, -0.2) is 0 Å². The van der Waals surface area contributed by atoms with E-state index in [0.717, 1.165) is 6.29 Å². The summed E-state index contributed by atoms with van der Waals surface area (Å²) < 4.78 is 0. The van der Waals surface area contributed by atoms with Crippen molar-refractivity contribution < 1.29 is 9.90 Å². The van der Waals surface area contributed by atoms with E-state index in [-0.39, 0.29) is 5.75 Å². The van der Waals surface area contributed by atoms with Gasteiger partial charge < -0.3 is 5.11 Å². The lowest BCUT2D eigenvalue weighted by Crippen LogP contribution is -1.92. The van der Waals surface area contributed by atoms with Gasteiger partial charge in [-0.1, -0.05) is 0 Å². The summed E-state index contributed by atoms with van der Waals surface area (Å²) in [6.45, 7) is 0. The molecule has 1 rings (SSSR count). The number of carbonyl (C=O) groups excluding carboxylic acids is 1. The molecule has 0 aromatic heterocycles. The number of aldehydes is 1. The minimum atomic E-state index is 0.190. The SMILES string of the molecule is O=Cc1ccc(O)c(P)c1. The molecule has 0 amide bonds. The fourth-order valence-corrected chi connectivity index (χ4v) is 0.935. The molecule has 0 radical (unpaired) electrons. The Morgan fingerprint density at radius 2 is 2.20 bits per heavy atom. The van der Waals surface area contributed by atoms with Crippen LogP contribution in [0.4, 0.5) is 0 Å². The summed E-state index contributed by atoms with van der Waals surface area (Å²) in [5.74, 6) is 0.190. The van der Waals surface area contributed by atoms with Crippen molar-refractivity contribution in [1.82, 2.24) is 0 Å². The second kappa shape index (κ2) is 2.80. The summed E-state index contributed by atoms with van der Waals surface area (Å²) >= 11 is 0. The largest absolute Gasteiger partial charge is 0.507 e. The fourth-order valence-electron chi connectivity index (χ4n) is 0.646. The summed E-state index contributed by atoms with van der Waals surface area (Å²) in [4.78, 5) is 10.2. The highest BCUT2D eigenvalue weighted by molar-refractivity contribution is 7.27. The molecule has 1 atom stereocenters. The third-order valence-corrected chi connectivity index (χ3v) is 1.65. The zero-order valence-electron chi connectivity index (χ0n) is 5.24. The van der Waals surface area contributed by atoms with Crippen molar-refractivity contribution in [3.63, 3.8) is 0 Å². The predicted octanol–water partition coefficient (Wildman–Crippen LogP) is 0.705. The first-order valence-corrected chi connectivity index (χ1v) is 3.35. The molecular formula is C7H7O2P. The summed E-state index contributed by atoms with van der Waals surface area (Å²) in [6.07, 6.45) is 0.743. The maximum Gasteiger partial charge on any atom is 0.150 e. The maximum atomic E-state index is 10.2. The minimum Gasteiger partial charge on any atom is -0.507 e. The number of phenols is 1. The molecule has 1 aromatic rings. The molecule has 0 heterocycles. The second-order valence-electron chi connectivity index (χ2n) is 1.94. The van der Waals surface area contributed by atoms with Crippen molar-refractivity contribution in [2.45, 2.75) is 0 Å². The van der Waals surface area contributed by atoms with Crippen LogP contribution in [-0.4, -0.2) is 11.4 Å². The van der Waals surface area contributed by atoms with Crippen LogP contribution in [0, 0.1) is 0 Å². The Hall–Kier alpha value is -0.880. The van der Waals surface area contributed by atoms with Gasteiger partial charge in [-0.2, -0.15) is 0 Å². The van der Waals surface area contributed by atoms with Crippen LogP contribution in [0.3, 0.4) is 0 Å². The molecule has 1 N–H and O–H groups in total. The van der Waals surface area contributed by atoms with E-state index in [0.29, 0.717) is 10.9 Å². The van der Waals surface area contributed by atoms with Gasteiger partial charge in [0.2, 0.25) is 0 Å². The molecule has 0 spiro atoms. The molecule has 0 aliphatic rings. The van der Waals surface area contributed by atoms with Gasteiger partial charge >= 0.3 is 0 Å². The van der Waals surface area contributed by atoms with Crippen LogP contribution in [0.5, 0.6) is 5.75 Å². The zero-order chi connectivity index (χ0) is 7.56. The van der Waals surface area contributed by atoms with E-state index in [9.17, 15) is 4.79 Å². The first kappa shape index (κ1) is 7.23. The fraction of sp³-hybridized carbons (Fsp3) is 0. The van der Waals surface area contributed by atoms with E-state index in [1.54, 1.807) is 12.1 Å². The number of aromatic hydroxyl groups is 1. The molecule has 0 saturated heterocycles. The van der Waals surface area contributed by atoms with Gasteiger partial charge in [-0.15, -0.1) is 9.24 Å². The summed E-state index contributed by atoms with van der Waals surface area (Å²) in [5.41, 5.74) is 0.572. The minimum absolute atomic E-state index is 0.190. The van der Waals surface area contributed by atoms with Crippen LogP contribution >= 0.6 is 9.24 Å². The molecule has 1 aromatic carbocycles. The Kier molecular flexibility index (Phi) is 2.03. The monoisotopic (exact) mass is 154 g/mol. The van der Waals surface area contributed by atoms with Crippen molar-refractivity contribution in [2.24, 2.45) is 0 Å². The summed E-state index contributed by atoms with van der Waals surface area (Å²) in [6, 6.07) is 4.66. The van der Waals surface area contributed by atoms with Crippen molar-refractivity contribution >= 4 is 20.8 Å². The second-order valence-corrected chi connectivity index (χ2v) is 2.56. The highest BCUT2D eigenvalue weighted by Crippen LogP contribution is 2.08. The third-order valence-electron chi connectivity index (χ3n) is 1.19. The van der Waals surface area contributed by atoms with Crippen LogP contribution < -0.4 is 5.30 Å². The Bertz CT molecular complexity index is 258. The zero-order valence-corrected chi connectivity index (χ0v) is 6.40. The first-order valence-electron chi connectivity index (χ1n) is 2.77. The first-order chi connectivity index (χ1) is 4.74. The Morgan fingerprint density at radius 1 is 1.50 bits per heavy atom. The van der Waals surface area contributed by atoms with E-state index in [1.165, 1.54) is 6.07 Å². The number of benzene rings is 1. The highest BCUT2D eigenvalue weighted by atomic mass is 31.0. The van der Waals surface area contributed by atoms with Crippen LogP contribution in [0.15, 0.2) is 18.2 Å². The molecule has 3 heteroatoms. The van der Waals surface area contributed by atoms with E-state index < -0.39 is 0 Å². The molecule has 52 valence electrons. The van der Waals surface area contributed by atoms with Gasteiger partial charge in [0.25, 0.3) is 0 Å².